The maximum absolute atomic E-state index is 13.1. The molecule has 1 N–H and O–H groups in total. The standard InChI is InChI=1S/C21H25F3N4O3S/c1-14(28-18(15-4-5-15)13-19(26-28)21(22,23)24)10-11-25-32(30,31)17-8-6-16(7-9-17)27-12-2-3-20(27)29/h6-9,13-15,25H,2-5,10-12H2,1H3. The molecule has 1 saturated heterocycles. The minimum absolute atomic E-state index is 0.0191. The van der Waals surface area contributed by atoms with Gasteiger partial charge in [-0.3, -0.25) is 9.48 Å². The van der Waals surface area contributed by atoms with Gasteiger partial charge < -0.3 is 4.90 Å². The Labute approximate surface area is 184 Å². The average molecular weight is 471 g/mol. The van der Waals surface area contributed by atoms with Crippen molar-refractivity contribution in [2.24, 2.45) is 0 Å². The Morgan fingerprint density at radius 2 is 1.91 bits per heavy atom. The third-order valence-electron chi connectivity index (χ3n) is 5.85. The van der Waals surface area contributed by atoms with Gasteiger partial charge in [-0.2, -0.15) is 18.3 Å². The zero-order valence-corrected chi connectivity index (χ0v) is 18.4. The van der Waals surface area contributed by atoms with Gasteiger partial charge in [-0.15, -0.1) is 0 Å². The normalized spacial score (nSPS) is 18.4. The zero-order chi connectivity index (χ0) is 23.1. The van der Waals surface area contributed by atoms with Crippen molar-refractivity contribution in [1.29, 1.82) is 0 Å². The van der Waals surface area contributed by atoms with Gasteiger partial charge in [-0.1, -0.05) is 0 Å². The van der Waals surface area contributed by atoms with Crippen molar-refractivity contribution in [3.05, 3.63) is 41.7 Å². The van der Waals surface area contributed by atoms with E-state index in [4.69, 9.17) is 0 Å². The molecule has 7 nitrogen and oxygen atoms in total. The van der Waals surface area contributed by atoms with E-state index in [1.165, 1.54) is 16.8 Å². The first kappa shape index (κ1) is 22.8. The topological polar surface area (TPSA) is 84.3 Å². The zero-order valence-electron chi connectivity index (χ0n) is 17.6. The first-order valence-electron chi connectivity index (χ1n) is 10.6. The molecular weight excluding hydrogens is 445 g/mol. The van der Waals surface area contributed by atoms with Crippen molar-refractivity contribution >= 4 is 21.6 Å². The number of anilines is 1. The number of carbonyl (C=O) groups is 1. The number of rotatable bonds is 8. The van der Waals surface area contributed by atoms with Gasteiger partial charge in [-0.05, 0) is 62.9 Å². The van der Waals surface area contributed by atoms with Crippen LogP contribution in [-0.4, -0.2) is 37.2 Å². The van der Waals surface area contributed by atoms with Crippen LogP contribution in [0.3, 0.4) is 0 Å². The highest BCUT2D eigenvalue weighted by Crippen LogP contribution is 2.43. The van der Waals surface area contributed by atoms with E-state index >= 15 is 0 Å². The van der Waals surface area contributed by atoms with E-state index in [-0.39, 0.29) is 29.7 Å². The van der Waals surface area contributed by atoms with Crippen LogP contribution in [0.25, 0.3) is 0 Å². The van der Waals surface area contributed by atoms with Gasteiger partial charge in [0.2, 0.25) is 15.9 Å². The highest BCUT2D eigenvalue weighted by atomic mass is 32.2. The number of sulfonamides is 1. The molecule has 1 saturated carbocycles. The van der Waals surface area contributed by atoms with Gasteiger partial charge in [0, 0.05) is 36.8 Å². The minimum atomic E-state index is -4.51. The molecule has 11 heteroatoms. The summed E-state index contributed by atoms with van der Waals surface area (Å²) in [5.74, 6) is 0.101. The van der Waals surface area contributed by atoms with E-state index in [1.54, 1.807) is 24.0 Å². The molecule has 4 rings (SSSR count). The van der Waals surface area contributed by atoms with Crippen molar-refractivity contribution < 1.29 is 26.4 Å². The molecule has 174 valence electrons. The first-order valence-corrected chi connectivity index (χ1v) is 12.1. The van der Waals surface area contributed by atoms with Crippen LogP contribution in [0.2, 0.25) is 0 Å². The van der Waals surface area contributed by atoms with Crippen LogP contribution in [-0.2, 0) is 21.0 Å². The second kappa shape index (κ2) is 8.51. The number of amides is 1. The second-order valence-electron chi connectivity index (χ2n) is 8.35. The van der Waals surface area contributed by atoms with Gasteiger partial charge in [0.1, 0.15) is 0 Å². The number of nitrogens with zero attached hydrogens (tertiary/aromatic N) is 3. The Morgan fingerprint density at radius 3 is 2.47 bits per heavy atom. The summed E-state index contributed by atoms with van der Waals surface area (Å²) in [6, 6.07) is 6.80. The van der Waals surface area contributed by atoms with Crippen molar-refractivity contribution in [3.8, 4) is 0 Å². The molecule has 1 unspecified atom stereocenters. The molecule has 2 heterocycles. The lowest BCUT2D eigenvalue weighted by molar-refractivity contribution is -0.141. The van der Waals surface area contributed by atoms with Crippen LogP contribution in [0.1, 0.15) is 62.4 Å². The summed E-state index contributed by atoms with van der Waals surface area (Å²) in [4.78, 5) is 13.5. The Kier molecular flexibility index (Phi) is 6.06. The summed E-state index contributed by atoms with van der Waals surface area (Å²) in [5, 5.41) is 3.75. The molecular formula is C21H25F3N4O3S. The summed E-state index contributed by atoms with van der Waals surface area (Å²) in [5.41, 5.74) is 0.301. The SMILES string of the molecule is CC(CCNS(=O)(=O)c1ccc(N2CCCC2=O)cc1)n1nc(C(F)(F)F)cc1C1CC1. The van der Waals surface area contributed by atoms with Crippen molar-refractivity contribution in [3.63, 3.8) is 0 Å². The maximum Gasteiger partial charge on any atom is 0.435 e. The fourth-order valence-corrected chi connectivity index (χ4v) is 4.97. The molecule has 32 heavy (non-hydrogen) atoms. The average Bonchev–Trinajstić information content (AvgIpc) is 3.31. The molecule has 0 bridgehead atoms. The molecule has 2 fully saturated rings. The predicted molar refractivity (Wildman–Crippen MR) is 112 cm³/mol. The fraction of sp³-hybridized carbons (Fsp3) is 0.524. The van der Waals surface area contributed by atoms with Crippen LogP contribution in [0.4, 0.5) is 18.9 Å². The molecule has 1 amide bonds. The van der Waals surface area contributed by atoms with E-state index in [0.717, 1.165) is 25.3 Å². The summed E-state index contributed by atoms with van der Waals surface area (Å²) >= 11 is 0. The molecule has 0 spiro atoms. The van der Waals surface area contributed by atoms with E-state index in [1.807, 2.05) is 0 Å². The predicted octanol–water partition coefficient (Wildman–Crippen LogP) is 3.84. The van der Waals surface area contributed by atoms with Crippen LogP contribution in [0, 0.1) is 0 Å². The first-order chi connectivity index (χ1) is 15.1. The van der Waals surface area contributed by atoms with Gasteiger partial charge >= 0.3 is 6.18 Å². The van der Waals surface area contributed by atoms with E-state index in [2.05, 4.69) is 9.82 Å². The van der Waals surface area contributed by atoms with Crippen molar-refractivity contribution in [2.45, 2.75) is 62.1 Å². The lowest BCUT2D eigenvalue weighted by Crippen LogP contribution is -2.27. The number of nitrogens with one attached hydrogen (secondary N) is 1. The quantitative estimate of drug-likeness (QED) is 0.636. The summed E-state index contributed by atoms with van der Waals surface area (Å²) in [6.45, 7) is 2.41. The Hall–Kier alpha value is -2.40. The molecule has 1 atom stereocenters. The van der Waals surface area contributed by atoms with Crippen molar-refractivity contribution in [2.75, 3.05) is 18.0 Å². The number of benzene rings is 1. The molecule has 1 aromatic carbocycles. The van der Waals surface area contributed by atoms with Crippen LogP contribution in [0.15, 0.2) is 35.2 Å². The smallest absolute Gasteiger partial charge is 0.312 e. The third-order valence-corrected chi connectivity index (χ3v) is 7.33. The van der Waals surface area contributed by atoms with Crippen molar-refractivity contribution in [1.82, 2.24) is 14.5 Å². The molecule has 2 aliphatic rings. The Bertz CT molecular complexity index is 1090. The van der Waals surface area contributed by atoms with E-state index in [0.29, 0.717) is 24.3 Å². The number of carbonyl (C=O) groups excluding carboxylic acids is 1. The maximum atomic E-state index is 13.1. The minimum Gasteiger partial charge on any atom is -0.312 e. The largest absolute Gasteiger partial charge is 0.435 e. The summed E-state index contributed by atoms with van der Waals surface area (Å²) < 4.78 is 68.4. The highest BCUT2D eigenvalue weighted by Gasteiger charge is 2.38. The number of aromatic nitrogens is 2. The highest BCUT2D eigenvalue weighted by molar-refractivity contribution is 7.89. The van der Waals surface area contributed by atoms with Gasteiger partial charge in [-0.25, -0.2) is 13.1 Å². The monoisotopic (exact) mass is 470 g/mol. The van der Waals surface area contributed by atoms with Crippen LogP contribution < -0.4 is 9.62 Å². The fourth-order valence-electron chi connectivity index (χ4n) is 3.92. The third kappa shape index (κ3) is 4.83. The van der Waals surface area contributed by atoms with E-state index in [9.17, 15) is 26.4 Å². The Morgan fingerprint density at radius 1 is 1.22 bits per heavy atom. The van der Waals surface area contributed by atoms with Crippen LogP contribution in [0.5, 0.6) is 0 Å². The number of alkyl halides is 3. The molecule has 1 aromatic heterocycles. The lowest BCUT2D eigenvalue weighted by Gasteiger charge is -2.17. The summed E-state index contributed by atoms with van der Waals surface area (Å²) in [6.07, 6.45) is -1.28. The van der Waals surface area contributed by atoms with Gasteiger partial charge in [0.05, 0.1) is 10.9 Å². The lowest BCUT2D eigenvalue weighted by atomic mass is 10.2. The van der Waals surface area contributed by atoms with Gasteiger partial charge in [0.15, 0.2) is 5.69 Å². The van der Waals surface area contributed by atoms with Gasteiger partial charge in [0.25, 0.3) is 0 Å². The number of halogens is 3. The van der Waals surface area contributed by atoms with Crippen LogP contribution >= 0.6 is 0 Å². The molecule has 2 aromatic rings. The number of hydrogen-bond donors (Lipinski definition) is 1. The molecule has 1 aliphatic carbocycles. The number of hydrogen-bond acceptors (Lipinski definition) is 4. The molecule has 1 aliphatic heterocycles. The Balaban J connectivity index is 1.38. The summed E-state index contributed by atoms with van der Waals surface area (Å²) in [7, 11) is -3.79. The van der Waals surface area contributed by atoms with E-state index < -0.39 is 27.9 Å². The second-order valence-corrected chi connectivity index (χ2v) is 10.1. The molecule has 0 radical (unpaired) electrons.